The molecule has 1 amide bonds. The van der Waals surface area contributed by atoms with Crippen LogP contribution in [0.4, 0.5) is 9.18 Å². The SMILES string of the molecule is CC(C)(C)OC(=O)NS(=O)(=O)NCC(O)CSc1nonc1-c1noc(=O)n1[C@H]1Cc2ccc(F)cc21. The minimum Gasteiger partial charge on any atom is -0.443 e. The third kappa shape index (κ3) is 6.35. The summed E-state index contributed by atoms with van der Waals surface area (Å²) in [5.74, 6) is -1.29. The third-order valence-electron chi connectivity index (χ3n) is 5.04. The highest BCUT2D eigenvalue weighted by Crippen LogP contribution is 2.38. The van der Waals surface area contributed by atoms with Crippen molar-refractivity contribution in [1.82, 2.24) is 29.5 Å². The van der Waals surface area contributed by atoms with Crippen LogP contribution < -0.4 is 15.2 Å². The van der Waals surface area contributed by atoms with Gasteiger partial charge in [0, 0.05) is 12.3 Å². The van der Waals surface area contributed by atoms with Crippen LogP contribution in [0.15, 0.2) is 37.2 Å². The van der Waals surface area contributed by atoms with E-state index in [1.165, 1.54) is 16.7 Å². The summed E-state index contributed by atoms with van der Waals surface area (Å²) in [6.45, 7) is 4.28. The highest BCUT2D eigenvalue weighted by molar-refractivity contribution is 7.99. The molecule has 14 nitrogen and oxygen atoms in total. The average molecular weight is 559 g/mol. The number of fused-ring (bicyclic) bond motifs is 1. The number of ether oxygens (including phenoxy) is 1. The molecule has 0 bridgehead atoms. The molecule has 0 saturated heterocycles. The lowest BCUT2D eigenvalue weighted by Gasteiger charge is -2.30. The molecule has 0 aliphatic heterocycles. The van der Waals surface area contributed by atoms with Gasteiger partial charge in [-0.15, -0.1) is 0 Å². The fourth-order valence-electron chi connectivity index (χ4n) is 3.46. The standard InChI is InChI=1S/C20H23FN6O8S2/c1-20(2,3)33-18(29)26-37(31,32)22-8-12(28)9-36-17-15(23-35-25-17)16-24-34-19(30)27(16)14-6-10-4-5-11(21)7-13(10)14/h4-5,7,12,14,22,28H,6,8-9H2,1-3H3,(H,26,29)/t12?,14-/m0/s1. The number of aliphatic hydroxyl groups excluding tert-OH is 1. The maximum absolute atomic E-state index is 13.7. The summed E-state index contributed by atoms with van der Waals surface area (Å²) < 4.78 is 57.1. The van der Waals surface area contributed by atoms with Crippen LogP contribution in [0.5, 0.6) is 0 Å². The second-order valence-electron chi connectivity index (χ2n) is 9.04. The van der Waals surface area contributed by atoms with Crippen LogP contribution in [0.2, 0.25) is 0 Å². The van der Waals surface area contributed by atoms with Crippen LogP contribution in [-0.4, -0.2) is 63.7 Å². The highest BCUT2D eigenvalue weighted by atomic mass is 32.2. The van der Waals surface area contributed by atoms with E-state index in [4.69, 9.17) is 13.9 Å². The maximum atomic E-state index is 13.7. The molecule has 3 aromatic rings. The fraction of sp³-hybridized carbons (Fsp3) is 0.450. The van der Waals surface area contributed by atoms with Gasteiger partial charge in [-0.3, -0.25) is 4.52 Å². The molecule has 4 rings (SSSR count). The largest absolute Gasteiger partial charge is 0.443 e. The van der Waals surface area contributed by atoms with E-state index in [1.807, 2.05) is 4.72 Å². The molecule has 2 aromatic heterocycles. The van der Waals surface area contributed by atoms with Gasteiger partial charge in [0.2, 0.25) is 5.82 Å². The highest BCUT2D eigenvalue weighted by Gasteiger charge is 2.34. The quantitative estimate of drug-likeness (QED) is 0.316. The van der Waals surface area contributed by atoms with E-state index in [2.05, 4.69) is 15.5 Å². The molecule has 3 N–H and O–H groups in total. The van der Waals surface area contributed by atoms with Gasteiger partial charge < -0.3 is 9.84 Å². The number of aromatic nitrogens is 4. The summed E-state index contributed by atoms with van der Waals surface area (Å²) in [4.78, 5) is 24.0. The zero-order valence-corrected chi connectivity index (χ0v) is 21.4. The molecular formula is C20H23FN6O8S2. The van der Waals surface area contributed by atoms with E-state index < -0.39 is 52.2 Å². The van der Waals surface area contributed by atoms with Crippen LogP contribution in [0.25, 0.3) is 11.5 Å². The Morgan fingerprint density at radius 1 is 1.35 bits per heavy atom. The Labute approximate surface area is 213 Å². The van der Waals surface area contributed by atoms with Crippen LogP contribution in [0, 0.1) is 5.82 Å². The van der Waals surface area contributed by atoms with Crippen molar-refractivity contribution >= 4 is 28.1 Å². The zero-order valence-electron chi connectivity index (χ0n) is 19.8. The summed E-state index contributed by atoms with van der Waals surface area (Å²) in [6.07, 6.45) is -1.93. The number of rotatable bonds is 9. The van der Waals surface area contributed by atoms with Crippen LogP contribution >= 0.6 is 11.8 Å². The van der Waals surface area contributed by atoms with Gasteiger partial charge in [0.05, 0.1) is 12.1 Å². The Bertz CT molecular complexity index is 1460. The fourth-order valence-corrected chi connectivity index (χ4v) is 5.03. The van der Waals surface area contributed by atoms with Gasteiger partial charge >= 0.3 is 22.1 Å². The molecule has 1 aromatic carbocycles. The van der Waals surface area contributed by atoms with E-state index >= 15 is 0 Å². The summed E-state index contributed by atoms with van der Waals surface area (Å²) in [7, 11) is -4.29. The molecule has 17 heteroatoms. The predicted octanol–water partition coefficient (Wildman–Crippen LogP) is 0.983. The number of nitrogens with zero attached hydrogens (tertiary/aromatic N) is 4. The first-order chi connectivity index (χ1) is 17.3. The van der Waals surface area contributed by atoms with E-state index in [1.54, 1.807) is 31.6 Å². The molecule has 1 unspecified atom stereocenters. The average Bonchev–Trinajstić information content (AvgIpc) is 3.38. The van der Waals surface area contributed by atoms with Crippen molar-refractivity contribution in [3.8, 4) is 11.5 Å². The Kier molecular flexibility index (Phi) is 7.40. The summed E-state index contributed by atoms with van der Waals surface area (Å²) in [5.41, 5.74) is 0.650. The Hall–Kier alpha value is -3.28. The number of benzene rings is 1. The number of nitrogens with one attached hydrogen (secondary N) is 2. The number of aliphatic hydroxyl groups is 1. The molecule has 2 heterocycles. The molecule has 1 aliphatic rings. The monoisotopic (exact) mass is 558 g/mol. The van der Waals surface area contributed by atoms with E-state index in [0.29, 0.717) is 12.0 Å². The number of amides is 1. The second-order valence-corrected chi connectivity index (χ2v) is 11.6. The van der Waals surface area contributed by atoms with Gasteiger partial charge in [0.1, 0.15) is 11.4 Å². The topological polar surface area (TPSA) is 192 Å². The molecule has 0 fully saturated rings. The lowest BCUT2D eigenvalue weighted by molar-refractivity contribution is 0.0569. The van der Waals surface area contributed by atoms with Gasteiger partial charge in [-0.25, -0.2) is 27.9 Å². The van der Waals surface area contributed by atoms with Crippen molar-refractivity contribution in [2.75, 3.05) is 12.3 Å². The number of hydrogen-bond donors (Lipinski definition) is 3. The van der Waals surface area contributed by atoms with Crippen molar-refractivity contribution in [2.24, 2.45) is 0 Å². The van der Waals surface area contributed by atoms with Crippen LogP contribution in [0.1, 0.15) is 37.9 Å². The molecular weight excluding hydrogens is 535 g/mol. The van der Waals surface area contributed by atoms with Gasteiger partial charge in [0.25, 0.3) is 0 Å². The second kappa shape index (κ2) is 10.2. The molecule has 0 radical (unpaired) electrons. The smallest absolute Gasteiger partial charge is 0.442 e. The van der Waals surface area contributed by atoms with Crippen molar-refractivity contribution in [2.45, 2.75) is 50.0 Å². The summed E-state index contributed by atoms with van der Waals surface area (Å²) in [6, 6.07) is 3.78. The normalized spacial score (nSPS) is 16.1. The Morgan fingerprint density at radius 3 is 2.84 bits per heavy atom. The minimum atomic E-state index is -4.29. The number of carbonyl (C=O) groups is 1. The van der Waals surface area contributed by atoms with Gasteiger partial charge in [-0.1, -0.05) is 23.0 Å². The zero-order chi connectivity index (χ0) is 27.0. The van der Waals surface area contributed by atoms with Crippen molar-refractivity contribution in [3.63, 3.8) is 0 Å². The van der Waals surface area contributed by atoms with Gasteiger partial charge in [-0.05, 0) is 60.8 Å². The first kappa shape index (κ1) is 26.8. The number of carbonyl (C=O) groups excluding carboxylic acids is 1. The molecule has 200 valence electrons. The van der Waals surface area contributed by atoms with Crippen molar-refractivity contribution < 1.29 is 36.6 Å². The first-order valence-corrected chi connectivity index (χ1v) is 13.3. The summed E-state index contributed by atoms with van der Waals surface area (Å²) in [5, 5.41) is 21.7. The van der Waals surface area contributed by atoms with Gasteiger partial charge in [0.15, 0.2) is 10.7 Å². The number of thioether (sulfide) groups is 1. The lowest BCUT2D eigenvalue weighted by Crippen LogP contribution is -2.45. The molecule has 0 saturated carbocycles. The van der Waals surface area contributed by atoms with Crippen molar-refractivity contribution in [1.29, 1.82) is 0 Å². The molecule has 1 aliphatic carbocycles. The summed E-state index contributed by atoms with van der Waals surface area (Å²) >= 11 is 0.951. The predicted molar refractivity (Wildman–Crippen MR) is 125 cm³/mol. The van der Waals surface area contributed by atoms with Gasteiger partial charge in [-0.2, -0.15) is 13.1 Å². The minimum absolute atomic E-state index is 0.00501. The Morgan fingerprint density at radius 2 is 2.11 bits per heavy atom. The maximum Gasteiger partial charge on any atom is 0.442 e. The number of halogens is 1. The first-order valence-electron chi connectivity index (χ1n) is 10.8. The molecule has 37 heavy (non-hydrogen) atoms. The molecule has 2 atom stereocenters. The van der Waals surface area contributed by atoms with E-state index in [-0.39, 0.29) is 22.3 Å². The van der Waals surface area contributed by atoms with Crippen molar-refractivity contribution in [3.05, 3.63) is 45.7 Å². The third-order valence-corrected chi connectivity index (χ3v) is 7.11. The lowest BCUT2D eigenvalue weighted by atomic mass is 9.83. The molecule has 0 spiro atoms. The van der Waals surface area contributed by atoms with E-state index in [0.717, 1.165) is 17.3 Å². The number of hydrogen-bond acceptors (Lipinski definition) is 12. The van der Waals surface area contributed by atoms with E-state index in [9.17, 15) is 27.5 Å². The Balaban J connectivity index is 1.39. The van der Waals surface area contributed by atoms with Crippen LogP contribution in [0.3, 0.4) is 0 Å². The van der Waals surface area contributed by atoms with Crippen LogP contribution in [-0.2, 0) is 21.4 Å².